The fourth-order valence-corrected chi connectivity index (χ4v) is 12.6. The minimum atomic E-state index is -1.06. The summed E-state index contributed by atoms with van der Waals surface area (Å²) in [5.74, 6) is -4.01. The molecule has 16 nitrogen and oxygen atoms in total. The van der Waals surface area contributed by atoms with E-state index in [1.54, 1.807) is 0 Å². The van der Waals surface area contributed by atoms with Crippen molar-refractivity contribution in [3.8, 4) is 0 Å². The van der Waals surface area contributed by atoms with Crippen LogP contribution in [0.25, 0.3) is 0 Å². The Hall–Kier alpha value is -2.95. The first-order valence-corrected chi connectivity index (χ1v) is 22.9. The molecule has 6 saturated carbocycles. The lowest BCUT2D eigenvalue weighted by atomic mass is 9.60. The third-order valence-electron chi connectivity index (χ3n) is 16.3. The van der Waals surface area contributed by atoms with Gasteiger partial charge in [-0.25, -0.2) is 5.48 Å². The molecule has 0 saturated heterocycles. The van der Waals surface area contributed by atoms with E-state index in [0.717, 1.165) is 103 Å². The number of carbonyl (C=O) groups is 3. The van der Waals surface area contributed by atoms with Crippen LogP contribution >= 0.6 is 0 Å². The van der Waals surface area contributed by atoms with Crippen molar-refractivity contribution in [1.29, 1.82) is 0 Å². The average Bonchev–Trinajstić information content (AvgIpc) is 3.22. The first kappa shape index (κ1) is 45.6. The van der Waals surface area contributed by atoms with Gasteiger partial charge < -0.3 is 30.2 Å². The van der Waals surface area contributed by atoms with E-state index in [1.807, 2.05) is 0 Å². The molecule has 0 aromatic carbocycles. The molecule has 6 fully saturated rings. The number of nitrogens with one attached hydrogen (secondary N) is 2. The van der Waals surface area contributed by atoms with Crippen molar-refractivity contribution in [2.45, 2.75) is 204 Å². The van der Waals surface area contributed by atoms with Crippen molar-refractivity contribution in [3.05, 3.63) is 20.2 Å². The van der Waals surface area contributed by atoms with E-state index in [2.05, 4.69) is 24.6 Å². The molecule has 334 valence electrons. The summed E-state index contributed by atoms with van der Waals surface area (Å²) in [5, 5.41) is 55.6. The highest BCUT2D eigenvalue weighted by atomic mass is 16.6. The number of rotatable bonds is 15. The number of nitro groups is 2. The second-order valence-electron chi connectivity index (χ2n) is 19.9. The molecule has 5 N–H and O–H groups in total. The van der Waals surface area contributed by atoms with Gasteiger partial charge in [-0.15, -0.1) is 0 Å². The van der Waals surface area contributed by atoms with Crippen molar-refractivity contribution in [1.82, 2.24) is 10.8 Å². The average molecular weight is 835 g/mol. The van der Waals surface area contributed by atoms with Crippen LogP contribution in [0.2, 0.25) is 0 Å². The van der Waals surface area contributed by atoms with Crippen LogP contribution < -0.4 is 10.8 Å². The zero-order valence-corrected chi connectivity index (χ0v) is 35.1. The van der Waals surface area contributed by atoms with E-state index in [4.69, 9.17) is 9.47 Å². The van der Waals surface area contributed by atoms with Gasteiger partial charge in [0.25, 0.3) is 0 Å². The topological polar surface area (TPSA) is 241 Å². The monoisotopic (exact) mass is 834 g/mol. The third-order valence-corrected chi connectivity index (χ3v) is 16.3. The first-order valence-electron chi connectivity index (χ1n) is 22.9. The Balaban J connectivity index is 0.875. The zero-order chi connectivity index (χ0) is 42.4. The summed E-state index contributed by atoms with van der Waals surface area (Å²) in [5.41, 5.74) is 2.62. The number of hydrogen-bond donors (Lipinski definition) is 5. The predicted octanol–water partition coefficient (Wildman–Crippen LogP) is 6.79. The van der Waals surface area contributed by atoms with E-state index in [9.17, 15) is 50.0 Å². The minimum absolute atomic E-state index is 0.0298. The van der Waals surface area contributed by atoms with Crippen LogP contribution in [-0.2, 0) is 23.9 Å². The number of carboxylic acid groups (broad SMARTS) is 2. The minimum Gasteiger partial charge on any atom is -0.481 e. The summed E-state index contributed by atoms with van der Waals surface area (Å²) in [7, 11) is 0. The lowest BCUT2D eigenvalue weighted by molar-refractivity contribution is -0.529. The molecule has 0 spiro atoms. The van der Waals surface area contributed by atoms with Gasteiger partial charge in [0, 0.05) is 47.6 Å². The smallest absolute Gasteiger partial charge is 0.307 e. The fourth-order valence-electron chi connectivity index (χ4n) is 12.6. The Morgan fingerprint density at radius 1 is 0.593 bits per heavy atom. The largest absolute Gasteiger partial charge is 0.481 e. The van der Waals surface area contributed by atoms with Crippen LogP contribution in [0.3, 0.4) is 0 Å². The number of carboxylic acids is 2. The van der Waals surface area contributed by atoms with Crippen LogP contribution in [0.5, 0.6) is 0 Å². The van der Waals surface area contributed by atoms with Crippen molar-refractivity contribution in [2.24, 2.45) is 46.8 Å². The molecule has 0 aromatic heterocycles. The Kier molecular flexibility index (Phi) is 15.7. The van der Waals surface area contributed by atoms with Crippen LogP contribution in [0.4, 0.5) is 0 Å². The first-order chi connectivity index (χ1) is 28.1. The summed E-state index contributed by atoms with van der Waals surface area (Å²) in [6, 6.07) is -2.20. The van der Waals surface area contributed by atoms with E-state index < -0.39 is 53.7 Å². The van der Waals surface area contributed by atoms with Gasteiger partial charge in [0.05, 0.1) is 42.2 Å². The molecular formula is C43H70N4O12. The highest BCUT2D eigenvalue weighted by molar-refractivity contribution is 5.85. The lowest BCUT2D eigenvalue weighted by Gasteiger charge is -2.47. The van der Waals surface area contributed by atoms with E-state index in [1.165, 1.54) is 0 Å². The second kappa shape index (κ2) is 20.3. The highest BCUT2D eigenvalue weighted by Crippen LogP contribution is 2.50. The van der Waals surface area contributed by atoms with Crippen LogP contribution in [-0.4, -0.2) is 91.7 Å². The van der Waals surface area contributed by atoms with Gasteiger partial charge in [0.2, 0.25) is 18.0 Å². The summed E-state index contributed by atoms with van der Waals surface area (Å²) in [6.07, 6.45) is 16.9. The van der Waals surface area contributed by atoms with Crippen LogP contribution in [0, 0.1) is 67.1 Å². The van der Waals surface area contributed by atoms with Gasteiger partial charge >= 0.3 is 11.9 Å². The molecule has 0 aliphatic heterocycles. The molecule has 6 aliphatic carbocycles. The van der Waals surface area contributed by atoms with E-state index >= 15 is 0 Å². The molecule has 0 heterocycles. The van der Waals surface area contributed by atoms with Crippen molar-refractivity contribution < 1.29 is 49.1 Å². The molecule has 0 radical (unpaired) electrons. The predicted molar refractivity (Wildman–Crippen MR) is 215 cm³/mol. The summed E-state index contributed by atoms with van der Waals surface area (Å²) >= 11 is 0. The summed E-state index contributed by atoms with van der Waals surface area (Å²) < 4.78 is 13.3. The SMILES string of the molecule is CC(C)(C1CCC(OC2CCC(NC(=O)C3CC([N+](=O)[O-])CCC3C(=O)O)CC2)CC1)C1CCC(OC2CCC(C(NO)C3CC([N+](=O)[O-])CCC3C(=O)O)CC2)CC1. The molecule has 1 amide bonds. The van der Waals surface area contributed by atoms with E-state index in [0.29, 0.717) is 11.8 Å². The highest BCUT2D eigenvalue weighted by Gasteiger charge is 2.47. The number of amides is 1. The molecule has 16 heteroatoms. The Labute approximate surface area is 347 Å². The van der Waals surface area contributed by atoms with Gasteiger partial charge in [-0.2, -0.15) is 0 Å². The second-order valence-corrected chi connectivity index (χ2v) is 19.9. The molecule has 7 unspecified atom stereocenters. The van der Waals surface area contributed by atoms with Crippen LogP contribution in [0.1, 0.15) is 155 Å². The van der Waals surface area contributed by atoms with Crippen molar-refractivity contribution in [2.75, 3.05) is 0 Å². The number of hydroxylamine groups is 1. The normalized spacial score (nSPS) is 39.0. The zero-order valence-electron chi connectivity index (χ0n) is 35.1. The lowest BCUT2D eigenvalue weighted by Crippen LogP contribution is -2.50. The van der Waals surface area contributed by atoms with E-state index in [-0.39, 0.29) is 96.1 Å². The number of aliphatic carboxylic acids is 2. The van der Waals surface area contributed by atoms with Crippen LogP contribution in [0.15, 0.2) is 0 Å². The fraction of sp³-hybridized carbons (Fsp3) is 0.930. The van der Waals surface area contributed by atoms with Gasteiger partial charge in [-0.1, -0.05) is 13.8 Å². The van der Waals surface area contributed by atoms with Gasteiger partial charge in [-0.3, -0.25) is 34.6 Å². The number of nitrogens with zero attached hydrogens (tertiary/aromatic N) is 2. The molecule has 7 atom stereocenters. The summed E-state index contributed by atoms with van der Waals surface area (Å²) in [4.78, 5) is 59.2. The van der Waals surface area contributed by atoms with Gasteiger partial charge in [0.1, 0.15) is 0 Å². The quantitative estimate of drug-likeness (QED) is 0.0845. The van der Waals surface area contributed by atoms with Gasteiger partial charge in [0.15, 0.2) is 0 Å². The standard InChI is InChI=1S/C43H70N4O12/c1-43(2,26-5-15-32(16-6-26)58-31-13-3-25(4-14-31)39(45-53)37-23-29(46(54)55)11-21-35(37)41(49)50)27-7-17-33(18-8-27)59-34-19-9-28(10-20-34)44-40(48)38-24-30(47(56)57)12-22-36(38)42(51)52/h25-39,45,53H,3-24H2,1-2H3,(H,44,48)(H,49,50)(H,51,52). The maximum atomic E-state index is 13.1. The Morgan fingerprint density at radius 3 is 1.46 bits per heavy atom. The third kappa shape index (κ3) is 11.3. The maximum Gasteiger partial charge on any atom is 0.307 e. The van der Waals surface area contributed by atoms with Gasteiger partial charge in [-0.05, 0) is 145 Å². The molecule has 6 rings (SSSR count). The molecule has 59 heavy (non-hydrogen) atoms. The molecule has 6 aliphatic rings. The van der Waals surface area contributed by atoms with Crippen molar-refractivity contribution >= 4 is 17.8 Å². The maximum absolute atomic E-state index is 13.1. The Bertz CT molecular complexity index is 1450. The summed E-state index contributed by atoms with van der Waals surface area (Å²) in [6.45, 7) is 4.90. The Morgan fingerprint density at radius 2 is 1.02 bits per heavy atom. The number of ether oxygens (including phenoxy) is 2. The molecule has 0 bridgehead atoms. The molecule has 0 aromatic rings. The number of hydrogen-bond acceptors (Lipinski definition) is 11. The number of carbonyl (C=O) groups excluding carboxylic acids is 1. The molecular weight excluding hydrogens is 764 g/mol. The van der Waals surface area contributed by atoms with Crippen molar-refractivity contribution in [3.63, 3.8) is 0 Å².